The first-order valence-electron chi connectivity index (χ1n) is 6.55. The van der Waals surface area contributed by atoms with Crippen molar-refractivity contribution in [1.82, 2.24) is 0 Å². The third-order valence-electron chi connectivity index (χ3n) is 3.01. The van der Waals surface area contributed by atoms with Crippen molar-refractivity contribution < 1.29 is 14.4 Å². The number of nitro benzene ring substituents is 1. The minimum Gasteiger partial charge on any atom is -0.490 e. The fourth-order valence-electron chi connectivity index (χ4n) is 2.03. The highest BCUT2D eigenvalue weighted by molar-refractivity contribution is 7.99. The maximum Gasteiger partial charge on any atom is 0.283 e. The number of nitro groups is 1. The summed E-state index contributed by atoms with van der Waals surface area (Å²) < 4.78 is 11.2. The predicted molar refractivity (Wildman–Crippen MR) is 79.3 cm³/mol. The van der Waals surface area contributed by atoms with Gasteiger partial charge in [0.15, 0.2) is 11.5 Å². The van der Waals surface area contributed by atoms with E-state index in [4.69, 9.17) is 9.47 Å². The van der Waals surface area contributed by atoms with E-state index in [9.17, 15) is 10.1 Å². The molecule has 0 aliphatic carbocycles. The lowest BCUT2D eigenvalue weighted by molar-refractivity contribution is -0.387. The van der Waals surface area contributed by atoms with Crippen molar-refractivity contribution in [2.75, 3.05) is 13.2 Å². The molecule has 1 aliphatic heterocycles. The quantitative estimate of drug-likeness (QED) is 0.635. The van der Waals surface area contributed by atoms with Crippen LogP contribution in [0.4, 0.5) is 5.69 Å². The zero-order chi connectivity index (χ0) is 14.7. The lowest BCUT2D eigenvalue weighted by Crippen LogP contribution is -1.97. The molecule has 0 saturated heterocycles. The number of rotatable bonds is 3. The van der Waals surface area contributed by atoms with Gasteiger partial charge in [-0.3, -0.25) is 10.1 Å². The molecule has 21 heavy (non-hydrogen) atoms. The van der Waals surface area contributed by atoms with Crippen LogP contribution in [0.5, 0.6) is 11.5 Å². The van der Waals surface area contributed by atoms with Gasteiger partial charge in [-0.05, 0) is 24.3 Å². The molecule has 0 atom stereocenters. The third-order valence-corrected chi connectivity index (χ3v) is 4.06. The second kappa shape index (κ2) is 6.05. The fraction of sp³-hybridized carbons (Fsp3) is 0.200. The first-order chi connectivity index (χ1) is 10.2. The van der Waals surface area contributed by atoms with Crippen LogP contribution < -0.4 is 9.47 Å². The summed E-state index contributed by atoms with van der Waals surface area (Å²) in [5, 5.41) is 11.0. The van der Waals surface area contributed by atoms with Gasteiger partial charge >= 0.3 is 0 Å². The number of fused-ring (bicyclic) bond motifs is 1. The van der Waals surface area contributed by atoms with Crippen LogP contribution in [0.25, 0.3) is 0 Å². The summed E-state index contributed by atoms with van der Waals surface area (Å²) in [6.07, 6.45) is 0.849. The van der Waals surface area contributed by atoms with Crippen LogP contribution in [0.15, 0.2) is 52.3 Å². The predicted octanol–water partition coefficient (Wildman–Crippen LogP) is 3.91. The Kier molecular flexibility index (Phi) is 3.96. The second-order valence-electron chi connectivity index (χ2n) is 4.49. The van der Waals surface area contributed by atoms with Crippen LogP contribution in [-0.2, 0) is 0 Å². The Hall–Kier alpha value is -2.21. The molecular formula is C15H13NO4S. The third kappa shape index (κ3) is 3.11. The van der Waals surface area contributed by atoms with Gasteiger partial charge in [0.1, 0.15) is 0 Å². The van der Waals surface area contributed by atoms with Crippen LogP contribution in [0.2, 0.25) is 0 Å². The van der Waals surface area contributed by atoms with E-state index in [2.05, 4.69) is 0 Å². The topological polar surface area (TPSA) is 61.6 Å². The molecule has 0 radical (unpaired) electrons. The fourth-order valence-corrected chi connectivity index (χ4v) is 2.98. The number of benzene rings is 2. The molecule has 0 unspecified atom stereocenters. The molecule has 0 bridgehead atoms. The Bertz CT molecular complexity index is 674. The first kappa shape index (κ1) is 13.8. The summed E-state index contributed by atoms with van der Waals surface area (Å²) in [5.74, 6) is 1.41. The van der Waals surface area contributed by atoms with Crippen LogP contribution in [-0.4, -0.2) is 18.1 Å². The SMILES string of the molecule is O=[N+]([O-])c1ccccc1Sc1ccc2c(c1)OCCCO2. The summed E-state index contributed by atoms with van der Waals surface area (Å²) >= 11 is 1.34. The summed E-state index contributed by atoms with van der Waals surface area (Å²) in [4.78, 5) is 12.2. The molecule has 1 heterocycles. The summed E-state index contributed by atoms with van der Waals surface area (Å²) in [5.41, 5.74) is 0.106. The zero-order valence-electron chi connectivity index (χ0n) is 11.2. The van der Waals surface area contributed by atoms with E-state index in [1.165, 1.54) is 17.8 Å². The Morgan fingerprint density at radius 3 is 2.62 bits per heavy atom. The van der Waals surface area contributed by atoms with E-state index in [1.807, 2.05) is 18.2 Å². The van der Waals surface area contributed by atoms with Gasteiger partial charge in [0.05, 0.1) is 23.0 Å². The zero-order valence-corrected chi connectivity index (χ0v) is 12.0. The van der Waals surface area contributed by atoms with Crippen LogP contribution in [0, 0.1) is 10.1 Å². The maximum atomic E-state index is 11.0. The van der Waals surface area contributed by atoms with Gasteiger partial charge in [-0.2, -0.15) is 0 Å². The highest BCUT2D eigenvalue weighted by Crippen LogP contribution is 2.39. The molecule has 3 rings (SSSR count). The monoisotopic (exact) mass is 303 g/mol. The van der Waals surface area contributed by atoms with E-state index in [-0.39, 0.29) is 10.6 Å². The van der Waals surface area contributed by atoms with Crippen LogP contribution in [0.1, 0.15) is 6.42 Å². The molecule has 108 valence electrons. The molecule has 5 nitrogen and oxygen atoms in total. The average Bonchev–Trinajstić information content (AvgIpc) is 2.72. The summed E-state index contributed by atoms with van der Waals surface area (Å²) in [7, 11) is 0. The van der Waals surface area contributed by atoms with Gasteiger partial charge in [0.25, 0.3) is 5.69 Å². The van der Waals surface area contributed by atoms with Crippen molar-refractivity contribution in [3.05, 3.63) is 52.6 Å². The summed E-state index contributed by atoms with van der Waals surface area (Å²) in [6, 6.07) is 12.3. The van der Waals surface area contributed by atoms with Crippen molar-refractivity contribution >= 4 is 17.4 Å². The Morgan fingerprint density at radius 1 is 1.05 bits per heavy atom. The minimum absolute atomic E-state index is 0.106. The molecule has 0 spiro atoms. The molecule has 0 aromatic heterocycles. The number of nitrogens with zero attached hydrogens (tertiary/aromatic N) is 1. The highest BCUT2D eigenvalue weighted by Gasteiger charge is 2.15. The van der Waals surface area contributed by atoms with E-state index in [0.717, 1.165) is 17.1 Å². The van der Waals surface area contributed by atoms with Crippen molar-refractivity contribution in [2.24, 2.45) is 0 Å². The maximum absolute atomic E-state index is 11.0. The molecule has 0 saturated carbocycles. The Morgan fingerprint density at radius 2 is 1.81 bits per heavy atom. The Labute approximate surface area is 126 Å². The lowest BCUT2D eigenvalue weighted by atomic mass is 10.3. The van der Waals surface area contributed by atoms with Crippen molar-refractivity contribution in [2.45, 2.75) is 16.2 Å². The van der Waals surface area contributed by atoms with Crippen molar-refractivity contribution in [3.63, 3.8) is 0 Å². The van der Waals surface area contributed by atoms with E-state index < -0.39 is 0 Å². The van der Waals surface area contributed by atoms with Crippen molar-refractivity contribution in [3.8, 4) is 11.5 Å². The normalized spacial score (nSPS) is 13.5. The molecule has 6 heteroatoms. The smallest absolute Gasteiger partial charge is 0.283 e. The molecule has 0 fully saturated rings. The van der Waals surface area contributed by atoms with E-state index in [1.54, 1.807) is 18.2 Å². The molecule has 0 N–H and O–H groups in total. The van der Waals surface area contributed by atoms with Crippen molar-refractivity contribution in [1.29, 1.82) is 0 Å². The van der Waals surface area contributed by atoms with Gasteiger partial charge in [-0.25, -0.2) is 0 Å². The van der Waals surface area contributed by atoms with Gasteiger partial charge < -0.3 is 9.47 Å². The number of para-hydroxylation sites is 1. The molecule has 1 aliphatic rings. The van der Waals surface area contributed by atoms with E-state index >= 15 is 0 Å². The summed E-state index contributed by atoms with van der Waals surface area (Å²) in [6.45, 7) is 1.26. The molecule has 2 aromatic carbocycles. The van der Waals surface area contributed by atoms with Gasteiger partial charge in [0.2, 0.25) is 0 Å². The Balaban J connectivity index is 1.89. The molecule has 0 amide bonds. The largest absolute Gasteiger partial charge is 0.490 e. The number of hydrogen-bond acceptors (Lipinski definition) is 5. The standard InChI is InChI=1S/C15H13NO4S/c17-16(18)12-4-1-2-5-15(12)21-11-6-7-13-14(10-11)20-9-3-8-19-13/h1-2,4-7,10H,3,8-9H2. The minimum atomic E-state index is -0.370. The van der Waals surface area contributed by atoms with Crippen LogP contribution >= 0.6 is 11.8 Å². The first-order valence-corrected chi connectivity index (χ1v) is 7.36. The molecular weight excluding hydrogens is 290 g/mol. The number of hydrogen-bond donors (Lipinski definition) is 0. The van der Waals surface area contributed by atoms with Gasteiger partial charge in [0, 0.05) is 17.4 Å². The highest BCUT2D eigenvalue weighted by atomic mass is 32.2. The van der Waals surface area contributed by atoms with E-state index in [0.29, 0.717) is 23.9 Å². The second-order valence-corrected chi connectivity index (χ2v) is 5.60. The van der Waals surface area contributed by atoms with Crippen LogP contribution in [0.3, 0.4) is 0 Å². The molecule has 2 aromatic rings. The number of ether oxygens (including phenoxy) is 2. The lowest BCUT2D eigenvalue weighted by Gasteiger charge is -2.09. The van der Waals surface area contributed by atoms with Gasteiger partial charge in [-0.1, -0.05) is 23.9 Å². The van der Waals surface area contributed by atoms with Gasteiger partial charge in [-0.15, -0.1) is 0 Å². The average molecular weight is 303 g/mol.